The van der Waals surface area contributed by atoms with Crippen LogP contribution in [0.15, 0.2) is 23.8 Å². The Labute approximate surface area is 81.7 Å². The standard InChI is InChI=1S/C13H20/c1-4-13(3)11-7-5-6-10(2)8-12(13)9-11/h5,7-8,10-11H,4,6,9H2,1-3H3. The Bertz CT molecular complexity index is 259. The fourth-order valence-electron chi connectivity index (χ4n) is 2.70. The van der Waals surface area contributed by atoms with Crippen LogP contribution in [0.5, 0.6) is 0 Å². The van der Waals surface area contributed by atoms with Crippen molar-refractivity contribution in [1.82, 2.24) is 0 Å². The summed E-state index contributed by atoms with van der Waals surface area (Å²) in [6.07, 6.45) is 11.2. The summed E-state index contributed by atoms with van der Waals surface area (Å²) in [5, 5.41) is 0. The molecule has 0 amide bonds. The lowest BCUT2D eigenvalue weighted by atomic mass is 9.55. The summed E-state index contributed by atoms with van der Waals surface area (Å²) in [5.74, 6) is 1.58. The molecular weight excluding hydrogens is 156 g/mol. The Kier molecular flexibility index (Phi) is 2.09. The maximum absolute atomic E-state index is 2.52. The second kappa shape index (κ2) is 3.01. The third-order valence-electron chi connectivity index (χ3n) is 4.09. The van der Waals surface area contributed by atoms with Gasteiger partial charge in [-0.15, -0.1) is 0 Å². The SMILES string of the molecule is CCC1(C)C2=CC(C)CC=CC1C2. The number of fused-ring (bicyclic) bond motifs is 3. The summed E-state index contributed by atoms with van der Waals surface area (Å²) in [4.78, 5) is 0. The van der Waals surface area contributed by atoms with Gasteiger partial charge in [0, 0.05) is 0 Å². The van der Waals surface area contributed by atoms with Crippen molar-refractivity contribution in [2.75, 3.05) is 0 Å². The fraction of sp³-hybridized carbons (Fsp3) is 0.692. The van der Waals surface area contributed by atoms with Crippen LogP contribution in [-0.2, 0) is 0 Å². The van der Waals surface area contributed by atoms with Gasteiger partial charge in [-0.25, -0.2) is 0 Å². The molecule has 0 heterocycles. The van der Waals surface area contributed by atoms with E-state index in [4.69, 9.17) is 0 Å². The number of hydrogen-bond acceptors (Lipinski definition) is 0. The van der Waals surface area contributed by atoms with Crippen molar-refractivity contribution < 1.29 is 0 Å². The Balaban J connectivity index is 2.28. The quantitative estimate of drug-likeness (QED) is 0.531. The summed E-state index contributed by atoms with van der Waals surface area (Å²) in [5.41, 5.74) is 2.22. The normalized spacial score (nSPS) is 43.2. The Morgan fingerprint density at radius 3 is 3.00 bits per heavy atom. The average Bonchev–Trinajstić information content (AvgIpc) is 2.09. The lowest BCUT2D eigenvalue weighted by Crippen LogP contribution is -2.39. The van der Waals surface area contributed by atoms with E-state index in [1.165, 1.54) is 19.3 Å². The van der Waals surface area contributed by atoms with Crippen LogP contribution >= 0.6 is 0 Å². The Morgan fingerprint density at radius 2 is 2.31 bits per heavy atom. The summed E-state index contributed by atoms with van der Waals surface area (Å²) >= 11 is 0. The van der Waals surface area contributed by atoms with E-state index in [1.54, 1.807) is 5.57 Å². The van der Waals surface area contributed by atoms with Gasteiger partial charge in [0.05, 0.1) is 0 Å². The van der Waals surface area contributed by atoms with Gasteiger partial charge in [-0.05, 0) is 36.5 Å². The molecule has 0 spiro atoms. The maximum atomic E-state index is 2.52. The van der Waals surface area contributed by atoms with Crippen molar-refractivity contribution >= 4 is 0 Å². The molecule has 0 aliphatic heterocycles. The molecule has 0 radical (unpaired) electrons. The summed E-state index contributed by atoms with van der Waals surface area (Å²) in [6.45, 7) is 7.07. The number of rotatable bonds is 1. The zero-order valence-corrected chi connectivity index (χ0v) is 9.01. The van der Waals surface area contributed by atoms with Gasteiger partial charge in [0.1, 0.15) is 0 Å². The fourth-order valence-corrected chi connectivity index (χ4v) is 2.70. The van der Waals surface area contributed by atoms with Crippen LogP contribution in [0.1, 0.15) is 40.0 Å². The molecule has 72 valence electrons. The minimum atomic E-state index is 0.505. The summed E-state index contributed by atoms with van der Waals surface area (Å²) in [7, 11) is 0. The van der Waals surface area contributed by atoms with Crippen molar-refractivity contribution in [1.29, 1.82) is 0 Å². The van der Waals surface area contributed by atoms with Crippen LogP contribution in [-0.4, -0.2) is 0 Å². The van der Waals surface area contributed by atoms with E-state index >= 15 is 0 Å². The highest BCUT2D eigenvalue weighted by Gasteiger charge is 2.44. The van der Waals surface area contributed by atoms with Gasteiger partial charge in [0.2, 0.25) is 0 Å². The lowest BCUT2D eigenvalue weighted by Gasteiger charge is -2.50. The molecule has 0 heteroatoms. The van der Waals surface area contributed by atoms with E-state index in [9.17, 15) is 0 Å². The van der Waals surface area contributed by atoms with Crippen molar-refractivity contribution in [3.05, 3.63) is 23.8 Å². The van der Waals surface area contributed by atoms with Crippen LogP contribution in [0, 0.1) is 17.3 Å². The molecule has 3 unspecified atom stereocenters. The first-order valence-electron chi connectivity index (χ1n) is 5.54. The molecule has 0 nitrogen and oxygen atoms in total. The molecule has 0 N–H and O–H groups in total. The van der Waals surface area contributed by atoms with Crippen molar-refractivity contribution in [3.8, 4) is 0 Å². The smallest absolute Gasteiger partial charge is 0.00529 e. The van der Waals surface area contributed by atoms with Crippen LogP contribution in [0.2, 0.25) is 0 Å². The largest absolute Gasteiger partial charge is 0.0876 e. The van der Waals surface area contributed by atoms with Gasteiger partial charge >= 0.3 is 0 Å². The third-order valence-corrected chi connectivity index (χ3v) is 4.09. The minimum Gasteiger partial charge on any atom is -0.0876 e. The van der Waals surface area contributed by atoms with E-state index in [-0.39, 0.29) is 0 Å². The van der Waals surface area contributed by atoms with Crippen LogP contribution in [0.4, 0.5) is 0 Å². The molecule has 0 saturated heterocycles. The monoisotopic (exact) mass is 176 g/mol. The average molecular weight is 176 g/mol. The maximum Gasteiger partial charge on any atom is -0.00529 e. The highest BCUT2D eigenvalue weighted by molar-refractivity contribution is 5.31. The van der Waals surface area contributed by atoms with Gasteiger partial charge < -0.3 is 0 Å². The van der Waals surface area contributed by atoms with Crippen molar-refractivity contribution in [3.63, 3.8) is 0 Å². The first-order valence-corrected chi connectivity index (χ1v) is 5.54. The highest BCUT2D eigenvalue weighted by atomic mass is 14.5. The van der Waals surface area contributed by atoms with Crippen LogP contribution in [0.25, 0.3) is 0 Å². The highest BCUT2D eigenvalue weighted by Crippen LogP contribution is 2.55. The van der Waals surface area contributed by atoms with E-state index in [0.29, 0.717) is 5.41 Å². The molecule has 1 saturated carbocycles. The lowest BCUT2D eigenvalue weighted by molar-refractivity contribution is 0.176. The predicted molar refractivity (Wildman–Crippen MR) is 57.5 cm³/mol. The molecule has 13 heavy (non-hydrogen) atoms. The van der Waals surface area contributed by atoms with Crippen molar-refractivity contribution in [2.24, 2.45) is 17.3 Å². The number of allylic oxidation sites excluding steroid dienone is 4. The zero-order chi connectivity index (χ0) is 9.47. The first kappa shape index (κ1) is 9.05. The predicted octanol–water partition coefficient (Wildman–Crippen LogP) is 3.95. The zero-order valence-electron chi connectivity index (χ0n) is 9.01. The molecule has 0 aromatic carbocycles. The Hall–Kier alpha value is -0.520. The van der Waals surface area contributed by atoms with E-state index < -0.39 is 0 Å². The molecule has 2 bridgehead atoms. The first-order chi connectivity index (χ1) is 6.16. The van der Waals surface area contributed by atoms with Gasteiger partial charge in [-0.3, -0.25) is 0 Å². The van der Waals surface area contributed by atoms with Crippen LogP contribution in [0.3, 0.4) is 0 Å². The minimum absolute atomic E-state index is 0.505. The molecule has 0 aromatic rings. The topological polar surface area (TPSA) is 0 Å². The summed E-state index contributed by atoms with van der Waals surface area (Å²) in [6, 6.07) is 0. The van der Waals surface area contributed by atoms with Crippen LogP contribution < -0.4 is 0 Å². The molecule has 1 fully saturated rings. The van der Waals surface area contributed by atoms with E-state index in [2.05, 4.69) is 39.0 Å². The van der Waals surface area contributed by atoms with Crippen molar-refractivity contribution in [2.45, 2.75) is 40.0 Å². The van der Waals surface area contributed by atoms with Gasteiger partial charge in [0.25, 0.3) is 0 Å². The van der Waals surface area contributed by atoms with Gasteiger partial charge in [-0.2, -0.15) is 0 Å². The molecule has 3 aliphatic rings. The molecule has 3 aliphatic carbocycles. The molecule has 3 rings (SSSR count). The van der Waals surface area contributed by atoms with E-state index in [1.807, 2.05) is 0 Å². The van der Waals surface area contributed by atoms with Gasteiger partial charge in [-0.1, -0.05) is 44.6 Å². The number of hydrogen-bond donors (Lipinski definition) is 0. The third kappa shape index (κ3) is 1.27. The molecule has 0 aromatic heterocycles. The van der Waals surface area contributed by atoms with Gasteiger partial charge in [0.15, 0.2) is 0 Å². The second-order valence-corrected chi connectivity index (χ2v) is 4.91. The summed E-state index contributed by atoms with van der Waals surface area (Å²) < 4.78 is 0. The molecular formula is C13H20. The second-order valence-electron chi connectivity index (χ2n) is 4.91. The molecule has 3 atom stereocenters. The Morgan fingerprint density at radius 1 is 1.54 bits per heavy atom. The van der Waals surface area contributed by atoms with E-state index in [0.717, 1.165) is 11.8 Å².